The highest BCUT2D eigenvalue weighted by Crippen LogP contribution is 2.06. The molecule has 0 aromatic heterocycles. The largest absolute Gasteiger partial charge is 0.480 e. The molecule has 0 heterocycles. The standard InChI is InChI=1S/C16H22N2O7/c1-16(2,3)25-15(22)18-24-10-12(13(19)20)17-14(21)23-9-11-7-5-4-6-8-11/h4-8,12H,9-10H2,1-3H3,(H,17,21)(H,18,22)(H,19,20)/t12-/m0/s1. The normalized spacial score (nSPS) is 12.0. The number of ether oxygens (including phenoxy) is 2. The van der Waals surface area contributed by atoms with Gasteiger partial charge in [0, 0.05) is 0 Å². The molecular weight excluding hydrogens is 332 g/mol. The highest BCUT2D eigenvalue weighted by Gasteiger charge is 2.22. The third kappa shape index (κ3) is 9.16. The van der Waals surface area contributed by atoms with Gasteiger partial charge in [-0.2, -0.15) is 5.48 Å². The van der Waals surface area contributed by atoms with E-state index in [1.54, 1.807) is 45.0 Å². The van der Waals surface area contributed by atoms with Crippen molar-refractivity contribution < 1.29 is 33.8 Å². The van der Waals surface area contributed by atoms with Gasteiger partial charge in [-0.05, 0) is 26.3 Å². The fourth-order valence-corrected chi connectivity index (χ4v) is 1.56. The van der Waals surface area contributed by atoms with Crippen molar-refractivity contribution in [3.05, 3.63) is 35.9 Å². The number of aliphatic carboxylic acids is 1. The summed E-state index contributed by atoms with van der Waals surface area (Å²) in [6.07, 6.45) is -1.79. The zero-order chi connectivity index (χ0) is 18.9. The van der Waals surface area contributed by atoms with Crippen LogP contribution in [0.25, 0.3) is 0 Å². The van der Waals surface area contributed by atoms with Gasteiger partial charge in [0.2, 0.25) is 0 Å². The number of alkyl carbamates (subject to hydrolysis) is 1. The van der Waals surface area contributed by atoms with Crippen LogP contribution in [0.15, 0.2) is 30.3 Å². The van der Waals surface area contributed by atoms with Crippen LogP contribution in [-0.2, 0) is 25.7 Å². The van der Waals surface area contributed by atoms with E-state index in [2.05, 4.69) is 5.32 Å². The highest BCUT2D eigenvalue weighted by atomic mass is 16.7. The molecule has 9 heteroatoms. The van der Waals surface area contributed by atoms with Crippen molar-refractivity contribution in [2.24, 2.45) is 0 Å². The van der Waals surface area contributed by atoms with Crippen molar-refractivity contribution in [2.75, 3.05) is 6.61 Å². The summed E-state index contributed by atoms with van der Waals surface area (Å²) < 4.78 is 9.84. The molecule has 1 atom stereocenters. The Morgan fingerprint density at radius 3 is 2.32 bits per heavy atom. The molecule has 0 radical (unpaired) electrons. The number of carbonyl (C=O) groups is 3. The summed E-state index contributed by atoms with van der Waals surface area (Å²) >= 11 is 0. The quantitative estimate of drug-likeness (QED) is 0.638. The summed E-state index contributed by atoms with van der Waals surface area (Å²) in [7, 11) is 0. The number of hydroxylamine groups is 1. The van der Waals surface area contributed by atoms with Crippen molar-refractivity contribution in [3.8, 4) is 0 Å². The Kier molecular flexibility index (Phi) is 7.67. The first-order valence-corrected chi connectivity index (χ1v) is 7.48. The van der Waals surface area contributed by atoms with E-state index in [-0.39, 0.29) is 6.61 Å². The van der Waals surface area contributed by atoms with E-state index in [9.17, 15) is 14.4 Å². The number of nitrogens with one attached hydrogen (secondary N) is 2. The number of carboxylic acids is 1. The molecule has 1 rings (SSSR count). The number of carboxylic acid groups (broad SMARTS) is 1. The van der Waals surface area contributed by atoms with E-state index in [4.69, 9.17) is 19.4 Å². The van der Waals surface area contributed by atoms with E-state index < -0.39 is 36.4 Å². The molecule has 0 aliphatic carbocycles. The molecular formula is C16H22N2O7. The van der Waals surface area contributed by atoms with Gasteiger partial charge in [-0.1, -0.05) is 30.3 Å². The van der Waals surface area contributed by atoms with Gasteiger partial charge in [0.25, 0.3) is 0 Å². The molecule has 0 aliphatic heterocycles. The average molecular weight is 354 g/mol. The second kappa shape index (κ2) is 9.48. The Morgan fingerprint density at radius 2 is 1.76 bits per heavy atom. The molecule has 1 aromatic rings. The zero-order valence-corrected chi connectivity index (χ0v) is 14.3. The minimum absolute atomic E-state index is 0.00394. The predicted molar refractivity (Wildman–Crippen MR) is 86.5 cm³/mol. The van der Waals surface area contributed by atoms with Crippen molar-refractivity contribution in [1.29, 1.82) is 0 Å². The lowest BCUT2D eigenvalue weighted by Gasteiger charge is -2.20. The number of hydrogen-bond acceptors (Lipinski definition) is 6. The van der Waals surface area contributed by atoms with Crippen molar-refractivity contribution in [1.82, 2.24) is 10.8 Å². The second-order valence-electron chi connectivity index (χ2n) is 6.01. The van der Waals surface area contributed by atoms with Gasteiger partial charge >= 0.3 is 18.2 Å². The topological polar surface area (TPSA) is 123 Å². The van der Waals surface area contributed by atoms with Gasteiger partial charge in [0.05, 0.1) is 0 Å². The van der Waals surface area contributed by atoms with E-state index in [0.717, 1.165) is 5.56 Å². The Bertz CT molecular complexity index is 584. The summed E-state index contributed by atoms with van der Waals surface area (Å²) in [5.41, 5.74) is 1.97. The van der Waals surface area contributed by atoms with E-state index in [1.807, 2.05) is 11.5 Å². The second-order valence-corrected chi connectivity index (χ2v) is 6.01. The Hall–Kier alpha value is -2.81. The van der Waals surface area contributed by atoms with Crippen LogP contribution in [0, 0.1) is 0 Å². The number of rotatable bonds is 7. The molecule has 0 bridgehead atoms. The summed E-state index contributed by atoms with van der Waals surface area (Å²) in [6, 6.07) is 7.50. The Morgan fingerprint density at radius 1 is 1.12 bits per heavy atom. The molecule has 3 N–H and O–H groups in total. The SMILES string of the molecule is CC(C)(C)OC(=O)NOC[C@H](NC(=O)OCc1ccccc1)C(=O)O. The molecule has 0 spiro atoms. The predicted octanol–water partition coefficient (Wildman–Crippen LogP) is 1.82. The van der Waals surface area contributed by atoms with Gasteiger partial charge in [0.1, 0.15) is 18.8 Å². The molecule has 1 aromatic carbocycles. The maximum Gasteiger partial charge on any atom is 0.431 e. The fraction of sp³-hybridized carbons (Fsp3) is 0.438. The minimum Gasteiger partial charge on any atom is -0.480 e. The van der Waals surface area contributed by atoms with Crippen LogP contribution in [0.3, 0.4) is 0 Å². The molecule has 0 aliphatic rings. The third-order valence-corrected chi connectivity index (χ3v) is 2.61. The summed E-state index contributed by atoms with van der Waals surface area (Å²) in [4.78, 5) is 38.9. The minimum atomic E-state index is -1.40. The lowest BCUT2D eigenvalue weighted by Crippen LogP contribution is -2.46. The van der Waals surface area contributed by atoms with Crippen LogP contribution < -0.4 is 10.8 Å². The number of carbonyl (C=O) groups excluding carboxylic acids is 2. The molecule has 25 heavy (non-hydrogen) atoms. The van der Waals surface area contributed by atoms with Crippen LogP contribution in [0.1, 0.15) is 26.3 Å². The third-order valence-electron chi connectivity index (χ3n) is 2.61. The fourth-order valence-electron chi connectivity index (χ4n) is 1.56. The van der Waals surface area contributed by atoms with Crippen LogP contribution >= 0.6 is 0 Å². The van der Waals surface area contributed by atoms with Gasteiger partial charge in [-0.3, -0.25) is 4.84 Å². The molecule has 0 saturated carbocycles. The van der Waals surface area contributed by atoms with E-state index >= 15 is 0 Å². The van der Waals surface area contributed by atoms with Gasteiger partial charge < -0.3 is 19.9 Å². The number of amides is 2. The van der Waals surface area contributed by atoms with Crippen molar-refractivity contribution >= 4 is 18.2 Å². The summed E-state index contributed by atoms with van der Waals surface area (Å²) in [5, 5.41) is 11.2. The average Bonchev–Trinajstić information content (AvgIpc) is 2.51. The number of hydrogen-bond donors (Lipinski definition) is 3. The van der Waals surface area contributed by atoms with Crippen molar-refractivity contribution in [2.45, 2.75) is 39.0 Å². The molecule has 0 fully saturated rings. The first-order chi connectivity index (χ1) is 11.7. The maximum absolute atomic E-state index is 11.7. The zero-order valence-electron chi connectivity index (χ0n) is 14.3. The smallest absolute Gasteiger partial charge is 0.431 e. The van der Waals surface area contributed by atoms with Crippen LogP contribution in [0.2, 0.25) is 0 Å². The van der Waals surface area contributed by atoms with Crippen LogP contribution in [-0.4, -0.2) is 41.5 Å². The maximum atomic E-state index is 11.7. The number of benzene rings is 1. The highest BCUT2D eigenvalue weighted by molar-refractivity contribution is 5.80. The monoisotopic (exact) mass is 354 g/mol. The Labute approximate surface area is 145 Å². The lowest BCUT2D eigenvalue weighted by atomic mass is 10.2. The van der Waals surface area contributed by atoms with Gasteiger partial charge in [-0.15, -0.1) is 0 Å². The van der Waals surface area contributed by atoms with E-state index in [1.165, 1.54) is 0 Å². The van der Waals surface area contributed by atoms with Gasteiger partial charge in [0.15, 0.2) is 6.04 Å². The molecule has 0 saturated heterocycles. The van der Waals surface area contributed by atoms with Gasteiger partial charge in [-0.25, -0.2) is 14.4 Å². The molecule has 9 nitrogen and oxygen atoms in total. The lowest BCUT2D eigenvalue weighted by molar-refractivity contribution is -0.142. The summed E-state index contributed by atoms with van der Waals surface area (Å²) in [6.45, 7) is 4.48. The molecule has 138 valence electrons. The first kappa shape index (κ1) is 20.2. The Balaban J connectivity index is 2.37. The van der Waals surface area contributed by atoms with Crippen molar-refractivity contribution in [3.63, 3.8) is 0 Å². The van der Waals surface area contributed by atoms with Crippen LogP contribution in [0.4, 0.5) is 9.59 Å². The van der Waals surface area contributed by atoms with E-state index in [0.29, 0.717) is 0 Å². The summed E-state index contributed by atoms with van der Waals surface area (Å²) in [5.74, 6) is -1.34. The molecule has 2 amide bonds. The van der Waals surface area contributed by atoms with Crippen LogP contribution in [0.5, 0.6) is 0 Å². The molecule has 0 unspecified atom stereocenters. The first-order valence-electron chi connectivity index (χ1n) is 7.48.